The van der Waals surface area contributed by atoms with Gasteiger partial charge in [-0.25, -0.2) is 5.01 Å². The van der Waals surface area contributed by atoms with E-state index in [0.29, 0.717) is 23.5 Å². The molecule has 10 heteroatoms. The fraction of sp³-hybridized carbons (Fsp3) is 0.182. The lowest BCUT2D eigenvalue weighted by atomic mass is 9.96. The summed E-state index contributed by atoms with van der Waals surface area (Å²) in [5.41, 5.74) is 7.73. The Hall–Kier alpha value is -2.66. The van der Waals surface area contributed by atoms with Crippen molar-refractivity contribution in [2.75, 3.05) is 5.01 Å². The maximum absolute atomic E-state index is 13.7. The lowest BCUT2D eigenvalue weighted by Crippen LogP contribution is -2.24. The second-order valence-corrected chi connectivity index (χ2v) is 8.35. The van der Waals surface area contributed by atoms with Crippen LogP contribution in [-0.2, 0) is 0 Å². The molecule has 0 bridgehead atoms. The Morgan fingerprint density at radius 2 is 1.84 bits per heavy atom. The number of allylic oxidation sites excluding steroid dienone is 1. The first-order valence-corrected chi connectivity index (χ1v) is 10.4. The van der Waals surface area contributed by atoms with Gasteiger partial charge in [-0.05, 0) is 47.9 Å². The molecule has 3 rings (SSSR count). The van der Waals surface area contributed by atoms with Crippen LogP contribution in [0.1, 0.15) is 36.0 Å². The summed E-state index contributed by atoms with van der Waals surface area (Å²) < 4.78 is 41.2. The van der Waals surface area contributed by atoms with Crippen molar-refractivity contribution in [3.8, 4) is 6.07 Å². The van der Waals surface area contributed by atoms with Gasteiger partial charge in [0, 0.05) is 12.6 Å². The highest BCUT2D eigenvalue weighted by molar-refractivity contribution is 6.48. The lowest BCUT2D eigenvalue weighted by Gasteiger charge is -2.22. The number of amidine groups is 1. The summed E-state index contributed by atoms with van der Waals surface area (Å²) in [5, 5.41) is 15.1. The van der Waals surface area contributed by atoms with Crippen LogP contribution in [0.3, 0.4) is 0 Å². The van der Waals surface area contributed by atoms with Gasteiger partial charge in [0.25, 0.3) is 0 Å². The van der Waals surface area contributed by atoms with Gasteiger partial charge in [0.05, 0.1) is 32.2 Å². The number of hydrogen-bond acceptors (Lipinski definition) is 4. The molecule has 166 valence electrons. The molecule has 4 nitrogen and oxygen atoms in total. The number of alkyl halides is 3. The average Bonchev–Trinajstić information content (AvgIpc) is 2.70. The second kappa shape index (κ2) is 9.45. The van der Waals surface area contributed by atoms with Crippen LogP contribution < -0.4 is 10.7 Å². The minimum absolute atomic E-state index is 0.0125. The van der Waals surface area contributed by atoms with Crippen LogP contribution in [0.4, 0.5) is 18.9 Å². The Labute approximate surface area is 198 Å². The van der Waals surface area contributed by atoms with E-state index in [1.54, 1.807) is 18.3 Å². The van der Waals surface area contributed by atoms with E-state index >= 15 is 0 Å². The number of anilines is 1. The highest BCUT2D eigenvalue weighted by Gasteiger charge is 2.39. The topological polar surface area (TPSA) is 65.4 Å². The quantitative estimate of drug-likeness (QED) is 0.450. The monoisotopic (exact) mass is 498 g/mol. The van der Waals surface area contributed by atoms with Crippen LogP contribution in [0.2, 0.25) is 15.1 Å². The number of halogens is 6. The standard InChI is InChI=1S/C22H16Cl3F3N4/c1-12-6-20(30)31-32(11-12)19-5-3-13(7-15(19)10-29)2-4-16(22(26,27)28)14-8-17(23)21(25)18(24)9-14/h2-5,7-9,11,16H,6H2,1H3,(H2,30,31)/b4-2+. The fourth-order valence-corrected chi connectivity index (χ4v) is 3.80. The molecule has 1 heterocycles. The predicted molar refractivity (Wildman–Crippen MR) is 123 cm³/mol. The van der Waals surface area contributed by atoms with E-state index in [0.717, 1.165) is 23.8 Å². The van der Waals surface area contributed by atoms with Crippen molar-refractivity contribution < 1.29 is 13.2 Å². The van der Waals surface area contributed by atoms with Crippen molar-refractivity contribution in [1.82, 2.24) is 0 Å². The van der Waals surface area contributed by atoms with Gasteiger partial charge in [-0.2, -0.15) is 23.5 Å². The Balaban J connectivity index is 1.97. The summed E-state index contributed by atoms with van der Waals surface area (Å²) in [6.45, 7) is 1.88. The summed E-state index contributed by atoms with van der Waals surface area (Å²) >= 11 is 17.7. The summed E-state index contributed by atoms with van der Waals surface area (Å²) in [4.78, 5) is 0. The SMILES string of the molecule is CC1=CN(c2ccc(/C=C/C(c3cc(Cl)c(Cl)c(Cl)c3)C(F)(F)F)cc2C#N)N=C(N)C1. The van der Waals surface area contributed by atoms with Gasteiger partial charge in [-0.1, -0.05) is 53.0 Å². The van der Waals surface area contributed by atoms with E-state index in [1.165, 1.54) is 17.2 Å². The van der Waals surface area contributed by atoms with Gasteiger partial charge in [-0.3, -0.25) is 0 Å². The average molecular weight is 500 g/mol. The van der Waals surface area contributed by atoms with E-state index in [-0.39, 0.29) is 26.2 Å². The summed E-state index contributed by atoms with van der Waals surface area (Å²) in [6, 6.07) is 8.98. The zero-order valence-corrected chi connectivity index (χ0v) is 18.9. The maximum Gasteiger partial charge on any atom is 0.399 e. The van der Waals surface area contributed by atoms with Crippen LogP contribution in [-0.4, -0.2) is 12.0 Å². The predicted octanol–water partition coefficient (Wildman–Crippen LogP) is 7.26. The fourth-order valence-electron chi connectivity index (χ4n) is 3.18. The molecule has 0 saturated heterocycles. The largest absolute Gasteiger partial charge is 0.399 e. The maximum atomic E-state index is 13.7. The van der Waals surface area contributed by atoms with E-state index in [4.69, 9.17) is 40.5 Å². The third-order valence-corrected chi connectivity index (χ3v) is 5.82. The molecule has 2 aromatic rings. The number of rotatable bonds is 4. The molecule has 0 aliphatic carbocycles. The van der Waals surface area contributed by atoms with Crippen molar-refractivity contribution in [3.63, 3.8) is 0 Å². The van der Waals surface area contributed by atoms with Crippen LogP contribution >= 0.6 is 34.8 Å². The minimum Gasteiger partial charge on any atom is -0.385 e. The molecule has 0 spiro atoms. The number of nitrogens with two attached hydrogens (primary N) is 1. The third kappa shape index (κ3) is 5.39. The van der Waals surface area contributed by atoms with E-state index < -0.39 is 12.1 Å². The molecule has 32 heavy (non-hydrogen) atoms. The van der Waals surface area contributed by atoms with Crippen molar-refractivity contribution in [3.05, 3.63) is 79.9 Å². The van der Waals surface area contributed by atoms with Gasteiger partial charge in [-0.15, -0.1) is 0 Å². The Morgan fingerprint density at radius 3 is 2.41 bits per heavy atom. The number of nitriles is 1. The molecule has 2 N–H and O–H groups in total. The summed E-state index contributed by atoms with van der Waals surface area (Å²) in [5.74, 6) is -1.58. The minimum atomic E-state index is -4.60. The molecule has 1 atom stereocenters. The molecule has 0 fully saturated rings. The summed E-state index contributed by atoms with van der Waals surface area (Å²) in [7, 11) is 0. The van der Waals surface area contributed by atoms with Gasteiger partial charge in [0.2, 0.25) is 0 Å². The van der Waals surface area contributed by atoms with Crippen LogP contribution in [0, 0.1) is 11.3 Å². The molecule has 1 aliphatic rings. The highest BCUT2D eigenvalue weighted by atomic mass is 35.5. The molecule has 1 unspecified atom stereocenters. The molecule has 2 aromatic carbocycles. The summed E-state index contributed by atoms with van der Waals surface area (Å²) in [6.07, 6.45) is -0.0644. The number of benzene rings is 2. The van der Waals surface area contributed by atoms with Gasteiger partial charge in [0.1, 0.15) is 11.9 Å². The van der Waals surface area contributed by atoms with Gasteiger partial charge in [0.15, 0.2) is 0 Å². The highest BCUT2D eigenvalue weighted by Crippen LogP contribution is 2.41. The Morgan fingerprint density at radius 1 is 1.19 bits per heavy atom. The van der Waals surface area contributed by atoms with Crippen molar-refractivity contribution in [2.24, 2.45) is 10.8 Å². The molecule has 0 amide bonds. The molecule has 0 radical (unpaired) electrons. The first-order chi connectivity index (χ1) is 15.0. The zero-order valence-electron chi connectivity index (χ0n) is 16.6. The Bertz CT molecular complexity index is 1140. The van der Waals surface area contributed by atoms with Gasteiger partial charge < -0.3 is 5.73 Å². The molecular weight excluding hydrogens is 484 g/mol. The molecular formula is C22H16Cl3F3N4. The Kier molecular flexibility index (Phi) is 7.09. The normalized spacial score (nSPS) is 15.4. The van der Waals surface area contributed by atoms with Crippen LogP contribution in [0.15, 0.2) is 53.3 Å². The van der Waals surface area contributed by atoms with E-state index in [2.05, 4.69) is 5.10 Å². The number of nitrogens with zero attached hydrogens (tertiary/aromatic N) is 3. The van der Waals surface area contributed by atoms with Crippen molar-refractivity contribution >= 4 is 52.4 Å². The molecule has 1 aliphatic heterocycles. The van der Waals surface area contributed by atoms with Gasteiger partial charge >= 0.3 is 6.18 Å². The van der Waals surface area contributed by atoms with Crippen molar-refractivity contribution in [2.45, 2.75) is 25.4 Å². The zero-order chi connectivity index (χ0) is 23.6. The van der Waals surface area contributed by atoms with E-state index in [1.807, 2.05) is 13.0 Å². The molecule has 0 aromatic heterocycles. The van der Waals surface area contributed by atoms with Crippen LogP contribution in [0.25, 0.3) is 6.08 Å². The first kappa shape index (κ1) is 24.0. The smallest absolute Gasteiger partial charge is 0.385 e. The number of hydrazone groups is 1. The third-order valence-electron chi connectivity index (χ3n) is 4.63. The van der Waals surface area contributed by atoms with Crippen molar-refractivity contribution in [1.29, 1.82) is 5.26 Å². The lowest BCUT2D eigenvalue weighted by molar-refractivity contribution is -0.139. The molecule has 0 saturated carbocycles. The first-order valence-electron chi connectivity index (χ1n) is 9.22. The van der Waals surface area contributed by atoms with Crippen LogP contribution in [0.5, 0.6) is 0 Å². The van der Waals surface area contributed by atoms with E-state index in [9.17, 15) is 18.4 Å². The second-order valence-electron chi connectivity index (χ2n) is 7.15. The number of hydrogen-bond donors (Lipinski definition) is 1.